The fraction of sp³-hybridized carbons (Fsp3) is 0.471. The summed E-state index contributed by atoms with van der Waals surface area (Å²) in [5.41, 5.74) is -1.56. The van der Waals surface area contributed by atoms with Crippen LogP contribution < -0.4 is 10.6 Å². The summed E-state index contributed by atoms with van der Waals surface area (Å²) in [6.45, 7) is 2.31. The van der Waals surface area contributed by atoms with E-state index in [4.69, 9.17) is 5.11 Å². The van der Waals surface area contributed by atoms with Crippen LogP contribution in [0, 0.1) is 5.92 Å². The zero-order valence-corrected chi connectivity index (χ0v) is 14.1. The number of amides is 1. The number of aliphatic hydroxyl groups excluding tert-OH is 1. The van der Waals surface area contributed by atoms with Gasteiger partial charge in [0.05, 0.1) is 16.6 Å². The predicted octanol–water partition coefficient (Wildman–Crippen LogP) is 1.58. The molecule has 1 aromatic carbocycles. The number of rotatable bonds is 3. The van der Waals surface area contributed by atoms with E-state index in [1.165, 1.54) is 18.5 Å². The molecule has 0 radical (unpaired) electrons. The molecule has 26 heavy (non-hydrogen) atoms. The highest BCUT2D eigenvalue weighted by atomic mass is 19.4. The van der Waals surface area contributed by atoms with Gasteiger partial charge in [0.2, 0.25) is 5.91 Å². The number of hydrogen-bond donors (Lipinski definition) is 3. The van der Waals surface area contributed by atoms with E-state index in [1.807, 2.05) is 6.92 Å². The van der Waals surface area contributed by atoms with Gasteiger partial charge < -0.3 is 15.7 Å². The summed E-state index contributed by atoms with van der Waals surface area (Å²) >= 11 is 0. The molecule has 1 aliphatic heterocycles. The molecule has 1 fully saturated rings. The van der Waals surface area contributed by atoms with Crippen LogP contribution in [-0.2, 0) is 16.5 Å². The second kappa shape index (κ2) is 6.81. The molecule has 0 unspecified atom stereocenters. The number of hydrogen-bond acceptors (Lipinski definition) is 5. The summed E-state index contributed by atoms with van der Waals surface area (Å²) in [6, 6.07) is 2.32. The summed E-state index contributed by atoms with van der Waals surface area (Å²) in [4.78, 5) is 19.9. The van der Waals surface area contributed by atoms with E-state index in [0.717, 1.165) is 12.6 Å². The maximum absolute atomic E-state index is 13.3. The van der Waals surface area contributed by atoms with Crippen LogP contribution >= 0.6 is 0 Å². The Labute approximate surface area is 147 Å². The van der Waals surface area contributed by atoms with Crippen LogP contribution in [0.2, 0.25) is 0 Å². The molecule has 1 aliphatic rings. The number of alkyl halides is 3. The number of carbonyl (C=O) groups excluding carboxylic acids is 1. The average Bonchev–Trinajstić information content (AvgIpc) is 2.59. The first kappa shape index (κ1) is 18.5. The van der Waals surface area contributed by atoms with Crippen molar-refractivity contribution in [2.45, 2.75) is 25.1 Å². The van der Waals surface area contributed by atoms with Crippen molar-refractivity contribution in [3.05, 3.63) is 35.7 Å². The molecule has 0 saturated carbocycles. The molecule has 140 valence electrons. The fourth-order valence-electron chi connectivity index (χ4n) is 3.62. The van der Waals surface area contributed by atoms with E-state index in [9.17, 15) is 18.0 Å². The zero-order valence-electron chi connectivity index (χ0n) is 14.1. The summed E-state index contributed by atoms with van der Waals surface area (Å²) < 4.78 is 40.0. The van der Waals surface area contributed by atoms with Gasteiger partial charge in [-0.3, -0.25) is 14.8 Å². The molecule has 1 saturated heterocycles. The standard InChI is InChI=1S/C17H19F3N4O2/c1-10-6-16(9-21-7-10,24-13(26)8-25)11-2-3-12(17(18,19)20)15-14(11)22-4-5-23-15/h2-5,10,21,25H,6-9H2,1H3,(H,24,26)/t10-,16-/m0/s1. The lowest BCUT2D eigenvalue weighted by Crippen LogP contribution is -2.57. The summed E-state index contributed by atoms with van der Waals surface area (Å²) in [7, 11) is 0. The minimum Gasteiger partial charge on any atom is -0.387 e. The van der Waals surface area contributed by atoms with E-state index in [1.54, 1.807) is 0 Å². The van der Waals surface area contributed by atoms with Crippen LogP contribution in [0.1, 0.15) is 24.5 Å². The highest BCUT2D eigenvalue weighted by Gasteiger charge is 2.41. The Morgan fingerprint density at radius 3 is 2.65 bits per heavy atom. The molecule has 2 aromatic rings. The molecule has 3 rings (SSSR count). The normalized spacial score (nSPS) is 23.8. The molecule has 2 atom stereocenters. The lowest BCUT2D eigenvalue weighted by Gasteiger charge is -2.42. The molecule has 1 aromatic heterocycles. The van der Waals surface area contributed by atoms with E-state index >= 15 is 0 Å². The molecular weight excluding hydrogens is 349 g/mol. The van der Waals surface area contributed by atoms with Gasteiger partial charge in [0.15, 0.2) is 0 Å². The Bertz CT molecular complexity index is 827. The first-order valence-corrected chi connectivity index (χ1v) is 8.21. The van der Waals surface area contributed by atoms with Gasteiger partial charge in [0.25, 0.3) is 0 Å². The number of aliphatic hydroxyl groups is 1. The number of carbonyl (C=O) groups is 1. The SMILES string of the molecule is C[C@@H]1CNC[C@](NC(=O)CO)(c2ccc(C(F)(F)F)c3nccnc23)C1. The van der Waals surface area contributed by atoms with Crippen LogP contribution in [0.5, 0.6) is 0 Å². The number of fused-ring (bicyclic) bond motifs is 1. The Balaban J connectivity index is 2.22. The van der Waals surface area contributed by atoms with Crippen LogP contribution in [0.3, 0.4) is 0 Å². The summed E-state index contributed by atoms with van der Waals surface area (Å²) in [5, 5.41) is 15.1. The van der Waals surface area contributed by atoms with E-state index < -0.39 is 29.8 Å². The van der Waals surface area contributed by atoms with Crippen molar-refractivity contribution in [2.24, 2.45) is 5.92 Å². The highest BCUT2D eigenvalue weighted by Crippen LogP contribution is 2.39. The van der Waals surface area contributed by atoms with E-state index in [2.05, 4.69) is 20.6 Å². The Morgan fingerprint density at radius 2 is 2.04 bits per heavy atom. The Hall–Kier alpha value is -2.26. The van der Waals surface area contributed by atoms with Gasteiger partial charge in [0.1, 0.15) is 12.1 Å². The van der Waals surface area contributed by atoms with Gasteiger partial charge in [-0.2, -0.15) is 13.2 Å². The van der Waals surface area contributed by atoms with E-state index in [0.29, 0.717) is 18.5 Å². The molecular formula is C17H19F3N4O2. The molecule has 0 spiro atoms. The van der Waals surface area contributed by atoms with E-state index in [-0.39, 0.29) is 17.0 Å². The van der Waals surface area contributed by atoms with Crippen LogP contribution in [-0.4, -0.2) is 40.7 Å². The molecule has 9 heteroatoms. The molecule has 2 heterocycles. The maximum atomic E-state index is 13.3. The molecule has 0 bridgehead atoms. The Morgan fingerprint density at radius 1 is 1.35 bits per heavy atom. The molecule has 0 aliphatic carbocycles. The third kappa shape index (κ3) is 3.36. The monoisotopic (exact) mass is 368 g/mol. The average molecular weight is 368 g/mol. The smallest absolute Gasteiger partial charge is 0.387 e. The second-order valence-electron chi connectivity index (χ2n) is 6.64. The van der Waals surface area contributed by atoms with Crippen molar-refractivity contribution in [2.75, 3.05) is 19.7 Å². The van der Waals surface area contributed by atoms with Gasteiger partial charge in [0, 0.05) is 24.5 Å². The quantitative estimate of drug-likeness (QED) is 0.766. The van der Waals surface area contributed by atoms with Gasteiger partial charge in [-0.25, -0.2) is 0 Å². The van der Waals surface area contributed by atoms with Crippen LogP contribution in [0.25, 0.3) is 11.0 Å². The van der Waals surface area contributed by atoms with Crippen molar-refractivity contribution in [1.82, 2.24) is 20.6 Å². The summed E-state index contributed by atoms with van der Waals surface area (Å²) in [6.07, 6.45) is -1.52. The van der Waals surface area contributed by atoms with Crippen molar-refractivity contribution in [3.8, 4) is 0 Å². The van der Waals surface area contributed by atoms with Crippen molar-refractivity contribution >= 4 is 16.9 Å². The predicted molar refractivity (Wildman–Crippen MR) is 88.1 cm³/mol. The number of aromatic nitrogens is 2. The van der Waals surface area contributed by atoms with Crippen molar-refractivity contribution in [3.63, 3.8) is 0 Å². The Kier molecular flexibility index (Phi) is 4.85. The summed E-state index contributed by atoms with van der Waals surface area (Å²) in [5.74, 6) is -0.436. The van der Waals surface area contributed by atoms with Gasteiger partial charge in [-0.15, -0.1) is 0 Å². The first-order chi connectivity index (χ1) is 12.3. The number of halogens is 3. The molecule has 3 N–H and O–H groups in total. The number of piperidine rings is 1. The van der Waals surface area contributed by atoms with Crippen molar-refractivity contribution in [1.29, 1.82) is 0 Å². The highest BCUT2D eigenvalue weighted by molar-refractivity contribution is 5.84. The minimum atomic E-state index is -4.56. The minimum absolute atomic E-state index is 0.0939. The molecule has 6 nitrogen and oxygen atoms in total. The molecule has 1 amide bonds. The second-order valence-corrected chi connectivity index (χ2v) is 6.64. The van der Waals surface area contributed by atoms with Crippen LogP contribution in [0.15, 0.2) is 24.5 Å². The van der Waals surface area contributed by atoms with Crippen molar-refractivity contribution < 1.29 is 23.1 Å². The lowest BCUT2D eigenvalue weighted by atomic mass is 9.78. The third-order valence-corrected chi connectivity index (χ3v) is 4.58. The zero-order chi connectivity index (χ0) is 18.9. The number of nitrogens with zero attached hydrogens (tertiary/aromatic N) is 2. The third-order valence-electron chi connectivity index (χ3n) is 4.58. The number of benzene rings is 1. The maximum Gasteiger partial charge on any atom is 0.418 e. The number of nitrogens with one attached hydrogen (secondary N) is 2. The van der Waals surface area contributed by atoms with Gasteiger partial charge in [-0.05, 0) is 24.9 Å². The van der Waals surface area contributed by atoms with Gasteiger partial charge in [-0.1, -0.05) is 13.0 Å². The lowest BCUT2D eigenvalue weighted by molar-refractivity contribution is -0.136. The largest absolute Gasteiger partial charge is 0.418 e. The van der Waals surface area contributed by atoms with Gasteiger partial charge >= 0.3 is 6.18 Å². The first-order valence-electron chi connectivity index (χ1n) is 8.21. The van der Waals surface area contributed by atoms with Crippen LogP contribution in [0.4, 0.5) is 13.2 Å². The topological polar surface area (TPSA) is 87.1 Å². The fourth-order valence-corrected chi connectivity index (χ4v) is 3.62.